The molecule has 14 heavy (non-hydrogen) atoms. The van der Waals surface area contributed by atoms with E-state index in [1.54, 1.807) is 26.5 Å². The minimum absolute atomic E-state index is 0.568. The zero-order chi connectivity index (χ0) is 10.4. The Morgan fingerprint density at radius 3 is 2.71 bits per heavy atom. The number of aromatic nitrogens is 1. The smallest absolute Gasteiger partial charge is 0.216 e. The largest absolute Gasteiger partial charge is 0.496 e. The molecule has 78 valence electrons. The molecule has 0 bridgehead atoms. The van der Waals surface area contributed by atoms with Crippen LogP contribution in [0, 0.1) is 0 Å². The van der Waals surface area contributed by atoms with Crippen LogP contribution < -0.4 is 15.2 Å². The van der Waals surface area contributed by atoms with Crippen LogP contribution in [-0.2, 0) is 6.42 Å². The van der Waals surface area contributed by atoms with Crippen molar-refractivity contribution in [1.82, 2.24) is 4.98 Å². The molecule has 1 aromatic rings. The Hall–Kier alpha value is -1.29. The van der Waals surface area contributed by atoms with Crippen molar-refractivity contribution in [2.75, 3.05) is 20.8 Å². The molecular formula is C10H16N2O2. The summed E-state index contributed by atoms with van der Waals surface area (Å²) < 4.78 is 10.2. The third-order valence-corrected chi connectivity index (χ3v) is 2.00. The highest BCUT2D eigenvalue weighted by molar-refractivity contribution is 5.35. The highest BCUT2D eigenvalue weighted by atomic mass is 16.5. The molecule has 0 aliphatic heterocycles. The average molecular weight is 196 g/mol. The fourth-order valence-electron chi connectivity index (χ4n) is 1.23. The first-order valence-electron chi connectivity index (χ1n) is 4.58. The number of ether oxygens (including phenoxy) is 2. The van der Waals surface area contributed by atoms with E-state index in [0.717, 1.165) is 24.2 Å². The standard InChI is InChI=1S/C10H16N2O2/c1-13-9-6-10(14-2)12-7-8(9)4-3-5-11/h6-7H,3-5,11H2,1-2H3. The van der Waals surface area contributed by atoms with Gasteiger partial charge in [-0.05, 0) is 19.4 Å². The van der Waals surface area contributed by atoms with Crippen molar-refractivity contribution in [3.63, 3.8) is 0 Å². The molecule has 0 aromatic carbocycles. The highest BCUT2D eigenvalue weighted by Crippen LogP contribution is 2.22. The van der Waals surface area contributed by atoms with E-state index in [9.17, 15) is 0 Å². The third kappa shape index (κ3) is 2.60. The Balaban J connectivity index is 2.82. The molecule has 4 heteroatoms. The Kier molecular flexibility index (Phi) is 4.19. The molecule has 0 fully saturated rings. The minimum Gasteiger partial charge on any atom is -0.496 e. The maximum atomic E-state index is 5.44. The summed E-state index contributed by atoms with van der Waals surface area (Å²) in [5, 5.41) is 0. The van der Waals surface area contributed by atoms with Crippen LogP contribution in [0.5, 0.6) is 11.6 Å². The number of pyridine rings is 1. The molecule has 1 heterocycles. The average Bonchev–Trinajstić information content (AvgIpc) is 2.26. The number of rotatable bonds is 5. The van der Waals surface area contributed by atoms with E-state index >= 15 is 0 Å². The second-order valence-corrected chi connectivity index (χ2v) is 2.93. The van der Waals surface area contributed by atoms with Gasteiger partial charge in [0.15, 0.2) is 0 Å². The molecule has 0 aliphatic carbocycles. The summed E-state index contributed by atoms with van der Waals surface area (Å²) in [6.45, 7) is 0.676. The zero-order valence-electron chi connectivity index (χ0n) is 8.62. The van der Waals surface area contributed by atoms with E-state index in [0.29, 0.717) is 12.4 Å². The van der Waals surface area contributed by atoms with Gasteiger partial charge >= 0.3 is 0 Å². The van der Waals surface area contributed by atoms with Gasteiger partial charge < -0.3 is 15.2 Å². The van der Waals surface area contributed by atoms with Crippen LogP contribution in [0.25, 0.3) is 0 Å². The minimum atomic E-state index is 0.568. The van der Waals surface area contributed by atoms with Crippen LogP contribution in [0.2, 0.25) is 0 Å². The number of methoxy groups -OCH3 is 2. The Morgan fingerprint density at radius 1 is 1.36 bits per heavy atom. The van der Waals surface area contributed by atoms with E-state index in [2.05, 4.69) is 4.98 Å². The fourth-order valence-corrected chi connectivity index (χ4v) is 1.23. The summed E-state index contributed by atoms with van der Waals surface area (Å²) in [6.07, 6.45) is 3.59. The topological polar surface area (TPSA) is 57.4 Å². The van der Waals surface area contributed by atoms with Gasteiger partial charge in [0.05, 0.1) is 14.2 Å². The van der Waals surface area contributed by atoms with Crippen molar-refractivity contribution in [3.05, 3.63) is 17.8 Å². The monoisotopic (exact) mass is 196 g/mol. The van der Waals surface area contributed by atoms with Crippen LogP contribution in [0.15, 0.2) is 12.3 Å². The van der Waals surface area contributed by atoms with Crippen molar-refractivity contribution in [2.24, 2.45) is 5.73 Å². The molecule has 0 unspecified atom stereocenters. The summed E-state index contributed by atoms with van der Waals surface area (Å²) in [5.74, 6) is 1.38. The first-order valence-corrected chi connectivity index (χ1v) is 4.58. The van der Waals surface area contributed by atoms with Crippen molar-refractivity contribution < 1.29 is 9.47 Å². The quantitative estimate of drug-likeness (QED) is 0.763. The molecule has 0 saturated carbocycles. The van der Waals surface area contributed by atoms with Gasteiger partial charge in [0.2, 0.25) is 5.88 Å². The van der Waals surface area contributed by atoms with E-state index in [-0.39, 0.29) is 0 Å². The lowest BCUT2D eigenvalue weighted by Crippen LogP contribution is -2.02. The molecule has 0 amide bonds. The van der Waals surface area contributed by atoms with Gasteiger partial charge in [0.1, 0.15) is 5.75 Å². The SMILES string of the molecule is COc1cc(OC)c(CCCN)cn1. The number of hydrogen-bond acceptors (Lipinski definition) is 4. The summed E-state index contributed by atoms with van der Waals surface area (Å²) in [4.78, 5) is 4.12. The van der Waals surface area contributed by atoms with E-state index in [4.69, 9.17) is 15.2 Å². The summed E-state index contributed by atoms with van der Waals surface area (Å²) in [6, 6.07) is 1.78. The first kappa shape index (κ1) is 10.8. The molecule has 0 spiro atoms. The molecule has 1 rings (SSSR count). The van der Waals surface area contributed by atoms with E-state index < -0.39 is 0 Å². The van der Waals surface area contributed by atoms with E-state index in [1.165, 1.54) is 0 Å². The van der Waals surface area contributed by atoms with Crippen molar-refractivity contribution >= 4 is 0 Å². The van der Waals surface area contributed by atoms with Crippen molar-refractivity contribution in [3.8, 4) is 11.6 Å². The van der Waals surface area contributed by atoms with E-state index in [1.807, 2.05) is 0 Å². The normalized spacial score (nSPS) is 9.93. The van der Waals surface area contributed by atoms with Crippen LogP contribution in [0.4, 0.5) is 0 Å². The fraction of sp³-hybridized carbons (Fsp3) is 0.500. The van der Waals surface area contributed by atoms with Gasteiger partial charge in [0.25, 0.3) is 0 Å². The second-order valence-electron chi connectivity index (χ2n) is 2.93. The predicted octanol–water partition coefficient (Wildman–Crippen LogP) is 0.990. The number of aryl methyl sites for hydroxylation is 1. The molecule has 4 nitrogen and oxygen atoms in total. The van der Waals surface area contributed by atoms with Gasteiger partial charge in [-0.3, -0.25) is 0 Å². The van der Waals surface area contributed by atoms with Crippen molar-refractivity contribution in [2.45, 2.75) is 12.8 Å². The molecule has 0 saturated heterocycles. The lowest BCUT2D eigenvalue weighted by atomic mass is 10.1. The Morgan fingerprint density at radius 2 is 2.14 bits per heavy atom. The van der Waals surface area contributed by atoms with Gasteiger partial charge in [-0.2, -0.15) is 0 Å². The van der Waals surface area contributed by atoms with Crippen LogP contribution >= 0.6 is 0 Å². The summed E-state index contributed by atoms with van der Waals surface area (Å²) >= 11 is 0. The number of nitrogens with zero attached hydrogens (tertiary/aromatic N) is 1. The summed E-state index contributed by atoms with van der Waals surface area (Å²) in [7, 11) is 3.22. The number of nitrogens with two attached hydrogens (primary N) is 1. The maximum absolute atomic E-state index is 5.44. The lowest BCUT2D eigenvalue weighted by Gasteiger charge is -2.08. The summed E-state index contributed by atoms with van der Waals surface area (Å²) in [5.41, 5.74) is 6.51. The predicted molar refractivity (Wildman–Crippen MR) is 54.7 cm³/mol. The van der Waals surface area contributed by atoms with Gasteiger partial charge in [-0.1, -0.05) is 0 Å². The van der Waals surface area contributed by atoms with Gasteiger partial charge in [-0.15, -0.1) is 0 Å². The van der Waals surface area contributed by atoms with Gasteiger partial charge in [-0.25, -0.2) is 4.98 Å². The highest BCUT2D eigenvalue weighted by Gasteiger charge is 2.05. The van der Waals surface area contributed by atoms with Crippen LogP contribution in [0.1, 0.15) is 12.0 Å². The Bertz CT molecular complexity index is 289. The molecular weight excluding hydrogens is 180 g/mol. The van der Waals surface area contributed by atoms with Crippen LogP contribution in [0.3, 0.4) is 0 Å². The molecule has 2 N–H and O–H groups in total. The van der Waals surface area contributed by atoms with Gasteiger partial charge in [0, 0.05) is 17.8 Å². The third-order valence-electron chi connectivity index (χ3n) is 2.00. The van der Waals surface area contributed by atoms with Crippen LogP contribution in [-0.4, -0.2) is 25.7 Å². The lowest BCUT2D eigenvalue weighted by molar-refractivity contribution is 0.379. The number of hydrogen-bond donors (Lipinski definition) is 1. The molecule has 0 radical (unpaired) electrons. The maximum Gasteiger partial charge on any atom is 0.216 e. The molecule has 0 aliphatic rings. The zero-order valence-corrected chi connectivity index (χ0v) is 8.62. The molecule has 1 aromatic heterocycles. The first-order chi connectivity index (χ1) is 6.81. The molecule has 0 atom stereocenters. The second kappa shape index (κ2) is 5.44. The Labute approximate surface area is 84.0 Å². The van der Waals surface area contributed by atoms with Crippen molar-refractivity contribution in [1.29, 1.82) is 0 Å².